The van der Waals surface area contributed by atoms with Gasteiger partial charge in [0.2, 0.25) is 0 Å². The van der Waals surface area contributed by atoms with Gasteiger partial charge in [-0.2, -0.15) is 5.10 Å². The average molecular weight is 303 g/mol. The molecule has 2 N–H and O–H groups in total. The minimum Gasteiger partial charge on any atom is -0.497 e. The summed E-state index contributed by atoms with van der Waals surface area (Å²) in [4.78, 5) is 0. The first kappa shape index (κ1) is 15.0. The molecule has 118 valence electrons. The SMILES string of the molecule is COc1ccc(-c2[nH]ncc2CNCC2COCCO2)cc1. The standard InChI is InChI=1S/C16H21N3O3/c1-20-14-4-2-12(3-5-14)16-13(9-18-19-16)8-17-10-15-11-21-6-7-22-15/h2-5,9,15,17H,6-8,10-11H2,1H3,(H,18,19). The van der Waals surface area contributed by atoms with E-state index in [0.29, 0.717) is 19.8 Å². The monoisotopic (exact) mass is 303 g/mol. The van der Waals surface area contributed by atoms with Crippen LogP contribution in [0.3, 0.4) is 0 Å². The quantitative estimate of drug-likeness (QED) is 0.848. The molecular weight excluding hydrogens is 282 g/mol. The van der Waals surface area contributed by atoms with Gasteiger partial charge in [0.1, 0.15) is 5.75 Å². The Morgan fingerprint density at radius 1 is 1.32 bits per heavy atom. The van der Waals surface area contributed by atoms with Crippen molar-refractivity contribution >= 4 is 0 Å². The van der Waals surface area contributed by atoms with Crippen molar-refractivity contribution in [3.8, 4) is 17.0 Å². The molecule has 1 aromatic heterocycles. The summed E-state index contributed by atoms with van der Waals surface area (Å²) in [5.41, 5.74) is 3.24. The Balaban J connectivity index is 1.59. The Morgan fingerprint density at radius 3 is 2.91 bits per heavy atom. The molecule has 0 aliphatic carbocycles. The number of methoxy groups -OCH3 is 1. The van der Waals surface area contributed by atoms with Gasteiger partial charge in [0, 0.05) is 24.2 Å². The van der Waals surface area contributed by atoms with Gasteiger partial charge in [-0.3, -0.25) is 5.10 Å². The maximum atomic E-state index is 5.61. The fourth-order valence-corrected chi connectivity index (χ4v) is 2.48. The molecule has 0 bridgehead atoms. The highest BCUT2D eigenvalue weighted by atomic mass is 16.6. The van der Waals surface area contributed by atoms with E-state index in [0.717, 1.165) is 35.7 Å². The lowest BCUT2D eigenvalue weighted by Gasteiger charge is -2.23. The Hall–Kier alpha value is -1.89. The second-order valence-corrected chi connectivity index (χ2v) is 5.20. The van der Waals surface area contributed by atoms with Crippen LogP contribution in [0.25, 0.3) is 11.3 Å². The summed E-state index contributed by atoms with van der Waals surface area (Å²) < 4.78 is 16.2. The summed E-state index contributed by atoms with van der Waals surface area (Å²) in [6.45, 7) is 3.53. The first-order valence-electron chi connectivity index (χ1n) is 7.43. The number of nitrogens with zero attached hydrogens (tertiary/aromatic N) is 1. The van der Waals surface area contributed by atoms with Gasteiger partial charge in [-0.15, -0.1) is 0 Å². The van der Waals surface area contributed by atoms with E-state index in [9.17, 15) is 0 Å². The summed E-state index contributed by atoms with van der Waals surface area (Å²) in [6.07, 6.45) is 1.98. The van der Waals surface area contributed by atoms with Crippen LogP contribution in [0.4, 0.5) is 0 Å². The van der Waals surface area contributed by atoms with Crippen LogP contribution in [0.1, 0.15) is 5.56 Å². The molecule has 1 atom stereocenters. The molecule has 0 spiro atoms. The number of ether oxygens (including phenoxy) is 3. The van der Waals surface area contributed by atoms with E-state index in [-0.39, 0.29) is 6.10 Å². The number of hydrogen-bond donors (Lipinski definition) is 2. The van der Waals surface area contributed by atoms with Crippen LogP contribution in [0.2, 0.25) is 0 Å². The van der Waals surface area contributed by atoms with Crippen molar-refractivity contribution in [2.75, 3.05) is 33.5 Å². The van der Waals surface area contributed by atoms with Gasteiger partial charge in [0.25, 0.3) is 0 Å². The van der Waals surface area contributed by atoms with E-state index in [2.05, 4.69) is 15.5 Å². The number of benzene rings is 1. The second-order valence-electron chi connectivity index (χ2n) is 5.20. The van der Waals surface area contributed by atoms with Gasteiger partial charge in [-0.05, 0) is 24.3 Å². The zero-order chi connectivity index (χ0) is 15.2. The van der Waals surface area contributed by atoms with Gasteiger partial charge < -0.3 is 19.5 Å². The normalized spacial score (nSPS) is 18.3. The molecule has 1 aliphatic heterocycles. The summed E-state index contributed by atoms with van der Waals surface area (Å²) in [7, 11) is 1.66. The minimum atomic E-state index is 0.130. The molecule has 3 rings (SSSR count). The minimum absolute atomic E-state index is 0.130. The van der Waals surface area contributed by atoms with E-state index in [1.54, 1.807) is 7.11 Å². The molecule has 1 saturated heterocycles. The van der Waals surface area contributed by atoms with Crippen molar-refractivity contribution in [1.29, 1.82) is 0 Å². The average Bonchev–Trinajstić information content (AvgIpc) is 3.04. The van der Waals surface area contributed by atoms with Crippen LogP contribution in [0.15, 0.2) is 30.5 Å². The van der Waals surface area contributed by atoms with Crippen molar-refractivity contribution in [3.63, 3.8) is 0 Å². The molecule has 22 heavy (non-hydrogen) atoms. The molecule has 1 aliphatic rings. The second kappa shape index (κ2) is 7.40. The van der Waals surface area contributed by atoms with Crippen molar-refractivity contribution in [2.24, 2.45) is 0 Å². The third-order valence-corrected chi connectivity index (χ3v) is 3.67. The van der Waals surface area contributed by atoms with Gasteiger partial charge in [-0.1, -0.05) is 0 Å². The lowest BCUT2D eigenvalue weighted by Crippen LogP contribution is -2.37. The molecule has 0 radical (unpaired) electrons. The molecule has 0 amide bonds. The van der Waals surface area contributed by atoms with Crippen molar-refractivity contribution in [1.82, 2.24) is 15.5 Å². The zero-order valence-corrected chi connectivity index (χ0v) is 12.7. The molecule has 1 aromatic carbocycles. The summed E-state index contributed by atoms with van der Waals surface area (Å²) in [5, 5.41) is 10.6. The highest BCUT2D eigenvalue weighted by Crippen LogP contribution is 2.23. The molecule has 2 heterocycles. The van der Waals surface area contributed by atoms with Crippen LogP contribution < -0.4 is 10.1 Å². The third-order valence-electron chi connectivity index (χ3n) is 3.67. The maximum absolute atomic E-state index is 5.61. The topological polar surface area (TPSA) is 68.4 Å². The van der Waals surface area contributed by atoms with Gasteiger partial charge in [-0.25, -0.2) is 0 Å². The molecule has 0 saturated carbocycles. The fraction of sp³-hybridized carbons (Fsp3) is 0.438. The summed E-state index contributed by atoms with van der Waals surface area (Å²) in [5.74, 6) is 0.845. The van der Waals surface area contributed by atoms with E-state index >= 15 is 0 Å². The van der Waals surface area contributed by atoms with Crippen molar-refractivity contribution in [2.45, 2.75) is 12.6 Å². The molecule has 6 nitrogen and oxygen atoms in total. The largest absolute Gasteiger partial charge is 0.497 e. The predicted octanol–water partition coefficient (Wildman–Crippen LogP) is 1.59. The lowest BCUT2D eigenvalue weighted by molar-refractivity contribution is -0.0864. The molecular formula is C16H21N3O3. The van der Waals surface area contributed by atoms with E-state index < -0.39 is 0 Å². The number of aromatic amines is 1. The Kier molecular flexibility index (Phi) is 5.05. The maximum Gasteiger partial charge on any atom is 0.118 e. The lowest BCUT2D eigenvalue weighted by atomic mass is 10.1. The smallest absolute Gasteiger partial charge is 0.118 e. The summed E-state index contributed by atoms with van der Waals surface area (Å²) >= 11 is 0. The number of H-pyrrole nitrogens is 1. The van der Waals surface area contributed by atoms with Crippen molar-refractivity contribution in [3.05, 3.63) is 36.0 Å². The first-order valence-corrected chi connectivity index (χ1v) is 7.43. The van der Waals surface area contributed by atoms with E-state index in [1.165, 1.54) is 0 Å². The number of rotatable bonds is 6. The molecule has 6 heteroatoms. The number of aromatic nitrogens is 2. The van der Waals surface area contributed by atoms with Crippen LogP contribution in [0, 0.1) is 0 Å². The van der Waals surface area contributed by atoms with Crippen LogP contribution in [0.5, 0.6) is 5.75 Å². The molecule has 2 aromatic rings. The molecule has 1 fully saturated rings. The van der Waals surface area contributed by atoms with Gasteiger partial charge in [0.15, 0.2) is 0 Å². The summed E-state index contributed by atoms with van der Waals surface area (Å²) in [6, 6.07) is 7.93. The fourth-order valence-electron chi connectivity index (χ4n) is 2.48. The van der Waals surface area contributed by atoms with Gasteiger partial charge >= 0.3 is 0 Å². The predicted molar refractivity (Wildman–Crippen MR) is 82.8 cm³/mol. The van der Waals surface area contributed by atoms with E-state index in [4.69, 9.17) is 14.2 Å². The van der Waals surface area contributed by atoms with E-state index in [1.807, 2.05) is 30.5 Å². The van der Waals surface area contributed by atoms with Crippen LogP contribution in [-0.4, -0.2) is 49.8 Å². The Bertz CT molecular complexity index is 577. The first-order chi connectivity index (χ1) is 10.9. The van der Waals surface area contributed by atoms with Gasteiger partial charge in [0.05, 0.1) is 44.9 Å². The van der Waals surface area contributed by atoms with Crippen LogP contribution >= 0.6 is 0 Å². The Morgan fingerprint density at radius 2 is 2.18 bits per heavy atom. The molecule has 1 unspecified atom stereocenters. The van der Waals surface area contributed by atoms with Crippen LogP contribution in [-0.2, 0) is 16.0 Å². The highest BCUT2D eigenvalue weighted by Gasteiger charge is 2.14. The highest BCUT2D eigenvalue weighted by molar-refractivity contribution is 5.63. The number of nitrogens with one attached hydrogen (secondary N) is 2. The third kappa shape index (κ3) is 3.65. The Labute approximate surface area is 129 Å². The van der Waals surface area contributed by atoms with Crippen molar-refractivity contribution < 1.29 is 14.2 Å². The zero-order valence-electron chi connectivity index (χ0n) is 12.7. The number of hydrogen-bond acceptors (Lipinski definition) is 5.